The van der Waals surface area contributed by atoms with E-state index in [1.807, 2.05) is 0 Å². The van der Waals surface area contributed by atoms with Crippen LogP contribution >= 0.6 is 0 Å². The lowest BCUT2D eigenvalue weighted by Gasteiger charge is -1.95. The predicted molar refractivity (Wildman–Crippen MR) is 76.4 cm³/mol. The van der Waals surface area contributed by atoms with Crippen LogP contribution in [0.25, 0.3) is 0 Å². The highest BCUT2D eigenvalue weighted by Crippen LogP contribution is 2.01. The Kier molecular flexibility index (Phi) is 20.5. The van der Waals surface area contributed by atoms with E-state index in [4.69, 9.17) is 22.3 Å². The largest absolute Gasteiger partial charge is 0.481 e. The maximum Gasteiger partial charge on any atom is 0.303 e. The van der Waals surface area contributed by atoms with E-state index in [2.05, 4.69) is 0 Å². The molecule has 0 rings (SSSR count). The molecule has 0 aromatic carbocycles. The summed E-state index contributed by atoms with van der Waals surface area (Å²) >= 11 is 0. The van der Waals surface area contributed by atoms with Crippen molar-refractivity contribution in [2.45, 2.75) is 57.8 Å². The molecule has 0 spiro atoms. The molecule has 0 unspecified atom stereocenters. The molecule has 0 heterocycles. The summed E-state index contributed by atoms with van der Waals surface area (Å²) in [5.74, 6) is -0.701. The molecule has 0 bridgehead atoms. The maximum absolute atomic E-state index is 10.0. The molecule has 0 saturated heterocycles. The van der Waals surface area contributed by atoms with Crippen molar-refractivity contribution in [1.29, 1.82) is 0 Å². The molecule has 0 amide bonds. The lowest BCUT2D eigenvalue weighted by molar-refractivity contribution is -0.137. The Bertz CT molecular complexity index is 160. The number of carboxylic acid groups (broad SMARTS) is 1. The zero-order chi connectivity index (χ0) is 14.1. The van der Waals surface area contributed by atoms with Gasteiger partial charge in [-0.3, -0.25) is 4.79 Å². The molecule has 5 heteroatoms. The summed E-state index contributed by atoms with van der Waals surface area (Å²) in [5, 5.41) is 8.25. The van der Waals surface area contributed by atoms with Gasteiger partial charge in [-0.2, -0.15) is 0 Å². The third-order valence-corrected chi connectivity index (χ3v) is 2.50. The van der Waals surface area contributed by atoms with Gasteiger partial charge in [0, 0.05) is 6.42 Å². The number of rotatable bonds is 11. The van der Waals surface area contributed by atoms with Crippen LogP contribution in [-0.2, 0) is 4.79 Å². The Morgan fingerprint density at radius 1 is 0.667 bits per heavy atom. The van der Waals surface area contributed by atoms with E-state index in [1.165, 1.54) is 12.8 Å². The number of hydrogen-bond acceptors (Lipinski definition) is 4. The maximum atomic E-state index is 10.0. The van der Waals surface area contributed by atoms with Crippen molar-refractivity contribution in [3.8, 4) is 0 Å². The van der Waals surface area contributed by atoms with Crippen LogP contribution in [-0.4, -0.2) is 30.7 Å². The second-order valence-electron chi connectivity index (χ2n) is 4.34. The fraction of sp³-hybridized carbons (Fsp3) is 0.923. The van der Waals surface area contributed by atoms with E-state index < -0.39 is 5.97 Å². The average molecular weight is 261 g/mol. The van der Waals surface area contributed by atoms with Crippen LogP contribution in [0, 0.1) is 0 Å². The van der Waals surface area contributed by atoms with E-state index in [0.29, 0.717) is 13.0 Å². The molecule has 0 aromatic rings. The molecule has 18 heavy (non-hydrogen) atoms. The fourth-order valence-electron chi connectivity index (χ4n) is 1.42. The molecule has 0 aliphatic carbocycles. The first-order valence-electron chi connectivity index (χ1n) is 7.01. The van der Waals surface area contributed by atoms with Crippen LogP contribution in [0.3, 0.4) is 0 Å². The molecule has 0 aliphatic rings. The molecule has 0 atom stereocenters. The third kappa shape index (κ3) is 24.5. The summed E-state index contributed by atoms with van der Waals surface area (Å²) in [6.45, 7) is 2.36. The minimum absolute atomic E-state index is 0.296. The molecule has 0 radical (unpaired) electrons. The SMILES string of the molecule is NCCCCCCC(=O)O.NCCCCCCN. The quantitative estimate of drug-likeness (QED) is 0.420. The molecule has 5 nitrogen and oxygen atoms in total. The Balaban J connectivity index is 0. The summed E-state index contributed by atoms with van der Waals surface area (Å²) in [6, 6.07) is 0. The lowest BCUT2D eigenvalue weighted by atomic mass is 10.1. The van der Waals surface area contributed by atoms with Gasteiger partial charge in [0.2, 0.25) is 0 Å². The average Bonchev–Trinajstić information content (AvgIpc) is 2.35. The Morgan fingerprint density at radius 2 is 1.00 bits per heavy atom. The van der Waals surface area contributed by atoms with E-state index in [0.717, 1.165) is 51.6 Å². The number of aliphatic carboxylic acids is 1. The second-order valence-corrected chi connectivity index (χ2v) is 4.34. The monoisotopic (exact) mass is 261 g/mol. The van der Waals surface area contributed by atoms with Crippen molar-refractivity contribution in [3.05, 3.63) is 0 Å². The first kappa shape index (κ1) is 19.7. The smallest absolute Gasteiger partial charge is 0.303 e. The molecule has 110 valence electrons. The second kappa shape index (κ2) is 18.7. The van der Waals surface area contributed by atoms with Crippen LogP contribution in [0.15, 0.2) is 0 Å². The molecule has 0 saturated carbocycles. The summed E-state index contributed by atoms with van der Waals surface area (Å²) in [6.07, 6.45) is 8.94. The topological polar surface area (TPSA) is 115 Å². The highest BCUT2D eigenvalue weighted by atomic mass is 16.4. The first-order chi connectivity index (χ1) is 8.68. The van der Waals surface area contributed by atoms with Gasteiger partial charge < -0.3 is 22.3 Å². The van der Waals surface area contributed by atoms with Gasteiger partial charge in [-0.1, -0.05) is 25.7 Å². The number of unbranched alkanes of at least 4 members (excludes halogenated alkanes) is 6. The predicted octanol–water partition coefficient (Wildman–Crippen LogP) is 1.44. The van der Waals surface area contributed by atoms with Crippen molar-refractivity contribution in [2.24, 2.45) is 17.2 Å². The summed E-state index contributed by atoms with van der Waals surface area (Å²) in [7, 11) is 0. The zero-order valence-electron chi connectivity index (χ0n) is 11.6. The van der Waals surface area contributed by atoms with Gasteiger partial charge in [-0.15, -0.1) is 0 Å². The van der Waals surface area contributed by atoms with Crippen molar-refractivity contribution in [2.75, 3.05) is 19.6 Å². The standard InChI is InChI=1S/C7H15NO2.C6H16N2/c8-6-4-2-1-3-5-7(9)10;7-5-3-1-2-4-6-8/h1-6,8H2,(H,9,10);1-8H2. The van der Waals surface area contributed by atoms with Gasteiger partial charge in [0.05, 0.1) is 0 Å². The van der Waals surface area contributed by atoms with Gasteiger partial charge in [0.25, 0.3) is 0 Å². The highest BCUT2D eigenvalue weighted by molar-refractivity contribution is 5.66. The van der Waals surface area contributed by atoms with Crippen LogP contribution < -0.4 is 17.2 Å². The minimum Gasteiger partial charge on any atom is -0.481 e. The van der Waals surface area contributed by atoms with Crippen molar-refractivity contribution in [3.63, 3.8) is 0 Å². The fourth-order valence-corrected chi connectivity index (χ4v) is 1.42. The molecule has 0 aromatic heterocycles. The lowest BCUT2D eigenvalue weighted by Crippen LogP contribution is -2.00. The van der Waals surface area contributed by atoms with Gasteiger partial charge in [-0.05, 0) is 45.3 Å². The highest BCUT2D eigenvalue weighted by Gasteiger charge is 1.94. The van der Waals surface area contributed by atoms with E-state index in [-0.39, 0.29) is 0 Å². The Morgan fingerprint density at radius 3 is 1.28 bits per heavy atom. The third-order valence-electron chi connectivity index (χ3n) is 2.50. The van der Waals surface area contributed by atoms with Gasteiger partial charge in [0.15, 0.2) is 0 Å². The summed E-state index contributed by atoms with van der Waals surface area (Å²) in [5.41, 5.74) is 15.8. The van der Waals surface area contributed by atoms with E-state index in [1.54, 1.807) is 0 Å². The van der Waals surface area contributed by atoms with Crippen molar-refractivity contribution in [1.82, 2.24) is 0 Å². The van der Waals surface area contributed by atoms with Crippen LogP contribution in [0.4, 0.5) is 0 Å². The van der Waals surface area contributed by atoms with Gasteiger partial charge >= 0.3 is 5.97 Å². The van der Waals surface area contributed by atoms with E-state index >= 15 is 0 Å². The van der Waals surface area contributed by atoms with Crippen LogP contribution in [0.5, 0.6) is 0 Å². The van der Waals surface area contributed by atoms with Gasteiger partial charge in [-0.25, -0.2) is 0 Å². The number of nitrogens with two attached hydrogens (primary N) is 3. The minimum atomic E-state index is -0.701. The van der Waals surface area contributed by atoms with Crippen molar-refractivity contribution >= 4 is 5.97 Å². The van der Waals surface area contributed by atoms with Gasteiger partial charge in [0.1, 0.15) is 0 Å². The number of hydrogen-bond donors (Lipinski definition) is 4. The normalized spacial score (nSPS) is 9.72. The molecule has 0 aliphatic heterocycles. The summed E-state index contributed by atoms with van der Waals surface area (Å²) < 4.78 is 0. The number of carbonyl (C=O) groups is 1. The van der Waals surface area contributed by atoms with Crippen LogP contribution in [0.2, 0.25) is 0 Å². The van der Waals surface area contributed by atoms with Crippen molar-refractivity contribution < 1.29 is 9.90 Å². The molecular weight excluding hydrogens is 230 g/mol. The molecule has 0 fully saturated rings. The summed E-state index contributed by atoms with van der Waals surface area (Å²) in [4.78, 5) is 10.0. The van der Waals surface area contributed by atoms with E-state index in [9.17, 15) is 4.79 Å². The number of carboxylic acids is 1. The molecular formula is C13H31N3O2. The van der Waals surface area contributed by atoms with Crippen LogP contribution in [0.1, 0.15) is 57.8 Å². The Hall–Kier alpha value is -0.650. The zero-order valence-corrected chi connectivity index (χ0v) is 11.6. The first-order valence-corrected chi connectivity index (χ1v) is 7.01. The Labute approximate surface area is 111 Å². The molecule has 7 N–H and O–H groups in total.